The van der Waals surface area contributed by atoms with Crippen LogP contribution in [0.1, 0.15) is 6.42 Å². The molecular weight excluding hydrogens is 204 g/mol. The third-order valence-corrected chi connectivity index (χ3v) is 2.05. The van der Waals surface area contributed by atoms with Gasteiger partial charge in [0.2, 0.25) is 5.91 Å². The van der Waals surface area contributed by atoms with Crippen LogP contribution in [0.2, 0.25) is 0 Å². The van der Waals surface area contributed by atoms with E-state index < -0.39 is 30.8 Å². The van der Waals surface area contributed by atoms with Crippen molar-refractivity contribution in [3.63, 3.8) is 0 Å². The summed E-state index contributed by atoms with van der Waals surface area (Å²) < 4.78 is 50.4. The van der Waals surface area contributed by atoms with Crippen LogP contribution >= 0.6 is 0 Å². The molecule has 1 rings (SSSR count). The second-order valence-electron chi connectivity index (χ2n) is 3.34. The van der Waals surface area contributed by atoms with Crippen molar-refractivity contribution in [1.82, 2.24) is 4.90 Å². The fraction of sp³-hybridized carbons (Fsp3) is 0.857. The van der Waals surface area contributed by atoms with E-state index in [1.807, 2.05) is 0 Å². The van der Waals surface area contributed by atoms with E-state index in [-0.39, 0.29) is 13.0 Å². The summed E-state index contributed by atoms with van der Waals surface area (Å²) >= 11 is 0. The van der Waals surface area contributed by atoms with Crippen molar-refractivity contribution < 1.29 is 22.4 Å². The van der Waals surface area contributed by atoms with Gasteiger partial charge in [0.05, 0.1) is 13.1 Å². The van der Waals surface area contributed by atoms with Gasteiger partial charge >= 0.3 is 11.8 Å². The molecule has 0 aliphatic carbocycles. The molecule has 0 spiro atoms. The van der Waals surface area contributed by atoms with Crippen molar-refractivity contribution in [2.45, 2.75) is 18.3 Å². The first kappa shape index (κ1) is 11.2. The average molecular weight is 214 g/mol. The molecule has 1 amide bonds. The molecule has 1 saturated heterocycles. The highest BCUT2D eigenvalue weighted by atomic mass is 19.3. The summed E-state index contributed by atoms with van der Waals surface area (Å²) in [6, 6.07) is 0. The van der Waals surface area contributed by atoms with Crippen LogP contribution in [0.25, 0.3) is 0 Å². The largest absolute Gasteiger partial charge is 0.370 e. The Morgan fingerprint density at radius 2 is 1.64 bits per heavy atom. The Morgan fingerprint density at radius 3 is 2.00 bits per heavy atom. The average Bonchev–Trinajstić information content (AvgIpc) is 2.17. The molecule has 1 aliphatic heterocycles. The van der Waals surface area contributed by atoms with Gasteiger partial charge in [0.1, 0.15) is 0 Å². The monoisotopic (exact) mass is 214 g/mol. The van der Waals surface area contributed by atoms with Crippen molar-refractivity contribution in [3.8, 4) is 0 Å². The number of carbonyl (C=O) groups is 1. The van der Waals surface area contributed by atoms with Gasteiger partial charge in [-0.3, -0.25) is 9.69 Å². The maximum atomic E-state index is 12.6. The zero-order valence-corrected chi connectivity index (χ0v) is 7.27. The van der Waals surface area contributed by atoms with E-state index in [1.165, 1.54) is 0 Å². The minimum atomic E-state index is -4.01. The number of rotatable bonds is 3. The van der Waals surface area contributed by atoms with E-state index in [0.29, 0.717) is 0 Å². The molecule has 82 valence electrons. The lowest BCUT2D eigenvalue weighted by Gasteiger charge is -2.15. The first-order valence-corrected chi connectivity index (χ1v) is 4.01. The normalized spacial score (nSPS) is 25.1. The predicted octanol–water partition coefficient (Wildman–Crippen LogP) is 0.448. The lowest BCUT2D eigenvalue weighted by Crippen LogP contribution is -2.38. The third-order valence-electron chi connectivity index (χ3n) is 2.05. The van der Waals surface area contributed by atoms with Gasteiger partial charge in [-0.05, 0) is 0 Å². The summed E-state index contributed by atoms with van der Waals surface area (Å²) in [5.74, 6) is -8.71. The Hall–Kier alpha value is -0.850. The number of hydrogen-bond donors (Lipinski definition) is 1. The topological polar surface area (TPSA) is 46.3 Å². The summed E-state index contributed by atoms with van der Waals surface area (Å²) in [6.45, 7) is -2.19. The predicted molar refractivity (Wildman–Crippen MR) is 40.1 cm³/mol. The molecule has 0 atom stereocenters. The maximum Gasteiger partial charge on any atom is 0.323 e. The van der Waals surface area contributed by atoms with Crippen LogP contribution in [0, 0.1) is 0 Å². The minimum absolute atomic E-state index is 0.152. The van der Waals surface area contributed by atoms with Crippen molar-refractivity contribution in [3.05, 3.63) is 0 Å². The highest BCUT2D eigenvalue weighted by molar-refractivity contribution is 5.73. The lowest BCUT2D eigenvalue weighted by atomic mass is 10.2. The van der Waals surface area contributed by atoms with E-state index >= 15 is 0 Å². The van der Waals surface area contributed by atoms with Crippen LogP contribution in [0.15, 0.2) is 0 Å². The Bertz CT molecular complexity index is 228. The van der Waals surface area contributed by atoms with Crippen LogP contribution in [0.3, 0.4) is 0 Å². The molecule has 1 heterocycles. The lowest BCUT2D eigenvalue weighted by molar-refractivity contribution is -0.172. The Balaban J connectivity index is 2.51. The second kappa shape index (κ2) is 3.38. The van der Waals surface area contributed by atoms with Crippen LogP contribution < -0.4 is 5.73 Å². The summed E-state index contributed by atoms with van der Waals surface area (Å²) in [5, 5.41) is 0. The van der Waals surface area contributed by atoms with Crippen molar-refractivity contribution >= 4 is 5.91 Å². The van der Waals surface area contributed by atoms with E-state index in [9.17, 15) is 22.4 Å². The van der Waals surface area contributed by atoms with Gasteiger partial charge in [-0.25, -0.2) is 0 Å². The highest BCUT2D eigenvalue weighted by Gasteiger charge is 2.62. The SMILES string of the molecule is NC(=O)CCN1CC(F)(F)C(F)(F)C1. The fourth-order valence-corrected chi connectivity index (χ4v) is 1.28. The highest BCUT2D eigenvalue weighted by Crippen LogP contribution is 2.40. The molecule has 0 bridgehead atoms. The maximum absolute atomic E-state index is 12.6. The molecule has 0 unspecified atom stereocenters. The van der Waals surface area contributed by atoms with Gasteiger partial charge in [-0.1, -0.05) is 0 Å². The smallest absolute Gasteiger partial charge is 0.323 e. The molecule has 0 saturated carbocycles. The van der Waals surface area contributed by atoms with Gasteiger partial charge in [-0.15, -0.1) is 0 Å². The van der Waals surface area contributed by atoms with Gasteiger partial charge < -0.3 is 5.73 Å². The molecule has 7 heteroatoms. The van der Waals surface area contributed by atoms with E-state index in [0.717, 1.165) is 4.90 Å². The zero-order valence-electron chi connectivity index (χ0n) is 7.27. The molecule has 0 aromatic heterocycles. The standard InChI is InChI=1S/C7H10F4N2O/c8-6(9)3-13(2-1-5(12)14)4-7(6,10)11/h1-4H2,(H2,12,14). The Morgan fingerprint density at radius 1 is 1.21 bits per heavy atom. The molecule has 0 aromatic rings. The number of likely N-dealkylation sites (tertiary alicyclic amines) is 1. The van der Waals surface area contributed by atoms with E-state index in [1.54, 1.807) is 0 Å². The first-order valence-electron chi connectivity index (χ1n) is 4.01. The van der Waals surface area contributed by atoms with Crippen molar-refractivity contribution in [1.29, 1.82) is 0 Å². The molecule has 0 radical (unpaired) electrons. The number of amides is 1. The quantitative estimate of drug-likeness (QED) is 0.693. The number of nitrogens with zero attached hydrogens (tertiary/aromatic N) is 1. The van der Waals surface area contributed by atoms with Crippen molar-refractivity contribution in [2.75, 3.05) is 19.6 Å². The van der Waals surface area contributed by atoms with Crippen LogP contribution in [0.4, 0.5) is 17.6 Å². The number of hydrogen-bond acceptors (Lipinski definition) is 2. The molecule has 14 heavy (non-hydrogen) atoms. The summed E-state index contributed by atoms with van der Waals surface area (Å²) in [4.78, 5) is 11.1. The number of carbonyl (C=O) groups excluding carboxylic acids is 1. The fourth-order valence-electron chi connectivity index (χ4n) is 1.28. The minimum Gasteiger partial charge on any atom is -0.370 e. The Kier molecular flexibility index (Phi) is 2.71. The molecule has 0 aromatic carbocycles. The van der Waals surface area contributed by atoms with Gasteiger partial charge in [-0.2, -0.15) is 17.6 Å². The first-order chi connectivity index (χ1) is 6.24. The summed E-state index contributed by atoms with van der Waals surface area (Å²) in [5.41, 5.74) is 4.77. The van der Waals surface area contributed by atoms with Crippen molar-refractivity contribution in [2.24, 2.45) is 5.73 Å². The summed E-state index contributed by atoms with van der Waals surface area (Å²) in [7, 11) is 0. The molecule has 1 fully saturated rings. The summed E-state index contributed by atoms with van der Waals surface area (Å²) in [6.07, 6.45) is -0.188. The molecular formula is C7H10F4N2O. The van der Waals surface area contributed by atoms with Gasteiger partial charge in [0.25, 0.3) is 0 Å². The van der Waals surface area contributed by atoms with Gasteiger partial charge in [0, 0.05) is 13.0 Å². The Labute approximate surface area is 77.8 Å². The van der Waals surface area contributed by atoms with Gasteiger partial charge in [0.15, 0.2) is 0 Å². The second-order valence-corrected chi connectivity index (χ2v) is 3.34. The van der Waals surface area contributed by atoms with Crippen LogP contribution in [0.5, 0.6) is 0 Å². The number of primary amides is 1. The van der Waals surface area contributed by atoms with Crippen LogP contribution in [-0.2, 0) is 4.79 Å². The third kappa shape index (κ3) is 2.14. The zero-order chi connectivity index (χ0) is 11.0. The number of alkyl halides is 4. The number of nitrogens with two attached hydrogens (primary N) is 1. The molecule has 1 aliphatic rings. The van der Waals surface area contributed by atoms with E-state index in [4.69, 9.17) is 5.73 Å². The molecule has 3 nitrogen and oxygen atoms in total. The van der Waals surface area contributed by atoms with Crippen LogP contribution in [-0.4, -0.2) is 42.3 Å². The number of halogens is 4. The van der Waals surface area contributed by atoms with E-state index in [2.05, 4.69) is 0 Å². The molecule has 2 N–H and O–H groups in total.